The van der Waals surface area contributed by atoms with Crippen LogP contribution in [0.25, 0.3) is 22.0 Å². The summed E-state index contributed by atoms with van der Waals surface area (Å²) in [6, 6.07) is 17.0. The molecule has 0 aliphatic rings. The van der Waals surface area contributed by atoms with E-state index >= 15 is 0 Å². The molecule has 0 aliphatic carbocycles. The summed E-state index contributed by atoms with van der Waals surface area (Å²) in [5.74, 6) is -1.19. The fourth-order valence-electron chi connectivity index (χ4n) is 2.20. The van der Waals surface area contributed by atoms with Gasteiger partial charge in [-0.3, -0.25) is 0 Å². The second-order valence-electron chi connectivity index (χ2n) is 4.07. The number of aromatic nitrogens is 1. The molecule has 3 rings (SSSR count). The van der Waals surface area contributed by atoms with Gasteiger partial charge in [0.25, 0.3) is 0 Å². The number of rotatable bonds is 2. The van der Waals surface area contributed by atoms with Crippen LogP contribution in [0, 0.1) is 0 Å². The molecule has 0 fully saturated rings. The van der Waals surface area contributed by atoms with Gasteiger partial charge in [0.2, 0.25) is 0 Å². The molecule has 3 heteroatoms. The topological polar surface area (TPSA) is 55.9 Å². The zero-order chi connectivity index (χ0) is 12.5. The van der Waals surface area contributed by atoms with Gasteiger partial charge in [0.05, 0.1) is 11.7 Å². The lowest BCUT2D eigenvalue weighted by atomic mass is 10.0. The summed E-state index contributed by atoms with van der Waals surface area (Å²) in [5, 5.41) is 12.1. The van der Waals surface area contributed by atoms with E-state index in [1.807, 2.05) is 54.6 Å². The van der Waals surface area contributed by atoms with Gasteiger partial charge in [-0.15, -0.1) is 0 Å². The van der Waals surface area contributed by atoms with Crippen LogP contribution in [0.1, 0.15) is 10.5 Å². The Hall–Kier alpha value is -2.55. The van der Waals surface area contributed by atoms with Crippen molar-refractivity contribution in [2.45, 2.75) is 0 Å². The minimum absolute atomic E-state index is 0.127. The second-order valence-corrected chi connectivity index (χ2v) is 4.07. The molecule has 3 aromatic rings. The smallest absolute Gasteiger partial charge is 0.0884 e. The van der Waals surface area contributed by atoms with Crippen LogP contribution in [0.5, 0.6) is 0 Å². The minimum atomic E-state index is -1.19. The van der Waals surface area contributed by atoms with Crippen LogP contribution in [-0.2, 0) is 0 Å². The van der Waals surface area contributed by atoms with E-state index in [4.69, 9.17) is 0 Å². The highest BCUT2D eigenvalue weighted by atomic mass is 16.4. The average molecular weight is 236 g/mol. The van der Waals surface area contributed by atoms with Crippen molar-refractivity contribution in [3.8, 4) is 11.1 Å². The van der Waals surface area contributed by atoms with Crippen molar-refractivity contribution in [1.82, 2.24) is 4.98 Å². The van der Waals surface area contributed by atoms with Gasteiger partial charge in [0, 0.05) is 16.5 Å². The van der Waals surface area contributed by atoms with E-state index < -0.39 is 5.97 Å². The Kier molecular flexibility index (Phi) is 2.38. The molecule has 0 spiro atoms. The lowest BCUT2D eigenvalue weighted by Crippen LogP contribution is -2.23. The first kappa shape index (κ1) is 10.6. The average Bonchev–Trinajstić information content (AvgIpc) is 2.79. The van der Waals surface area contributed by atoms with Crippen LogP contribution in [0.3, 0.4) is 0 Å². The van der Waals surface area contributed by atoms with Crippen LogP contribution in [0.2, 0.25) is 0 Å². The lowest BCUT2D eigenvalue weighted by Gasteiger charge is -2.05. The monoisotopic (exact) mass is 236 g/mol. The maximum absolute atomic E-state index is 11.2. The molecular formula is C15H10NO2-. The fraction of sp³-hybridized carbons (Fsp3) is 0. The molecule has 0 bridgehead atoms. The molecule has 0 amide bonds. The van der Waals surface area contributed by atoms with E-state index in [0.717, 1.165) is 16.5 Å². The molecular weight excluding hydrogens is 226 g/mol. The molecule has 0 atom stereocenters. The summed E-state index contributed by atoms with van der Waals surface area (Å²) in [5.41, 5.74) is 2.48. The number of aromatic amines is 1. The summed E-state index contributed by atoms with van der Waals surface area (Å²) in [4.78, 5) is 14.1. The van der Waals surface area contributed by atoms with Crippen molar-refractivity contribution in [3.05, 3.63) is 60.3 Å². The summed E-state index contributed by atoms with van der Waals surface area (Å²) in [6.07, 6.45) is 0. The maximum Gasteiger partial charge on any atom is 0.0884 e. The first-order valence-electron chi connectivity index (χ1n) is 5.65. The summed E-state index contributed by atoms with van der Waals surface area (Å²) < 4.78 is 0. The van der Waals surface area contributed by atoms with E-state index in [1.54, 1.807) is 0 Å². The molecule has 1 N–H and O–H groups in total. The number of fused-ring (bicyclic) bond motifs is 1. The van der Waals surface area contributed by atoms with Gasteiger partial charge < -0.3 is 14.9 Å². The number of hydrogen-bond acceptors (Lipinski definition) is 2. The molecule has 3 nitrogen and oxygen atoms in total. The van der Waals surface area contributed by atoms with Crippen molar-refractivity contribution in [2.75, 3.05) is 0 Å². The third-order valence-electron chi connectivity index (χ3n) is 2.97. The third kappa shape index (κ3) is 1.57. The molecule has 0 saturated carbocycles. The number of H-pyrrole nitrogens is 1. The molecule has 18 heavy (non-hydrogen) atoms. The number of para-hydroxylation sites is 1. The molecule has 0 unspecified atom stereocenters. The Labute approximate surface area is 104 Å². The predicted molar refractivity (Wildman–Crippen MR) is 68.1 cm³/mol. The Morgan fingerprint density at radius 2 is 1.61 bits per heavy atom. The Morgan fingerprint density at radius 1 is 0.944 bits per heavy atom. The zero-order valence-corrected chi connectivity index (χ0v) is 9.51. The maximum atomic E-state index is 11.2. The Bertz CT molecular complexity index is 714. The number of carboxylic acid groups (broad SMARTS) is 1. The van der Waals surface area contributed by atoms with Crippen molar-refractivity contribution < 1.29 is 9.90 Å². The number of nitrogens with one attached hydrogen (secondary N) is 1. The highest BCUT2D eigenvalue weighted by Gasteiger charge is 2.13. The summed E-state index contributed by atoms with van der Waals surface area (Å²) in [7, 11) is 0. The SMILES string of the molecule is O=C([O-])c1[nH]c2ccccc2c1-c1ccccc1. The molecule has 1 aromatic heterocycles. The zero-order valence-electron chi connectivity index (χ0n) is 9.51. The largest absolute Gasteiger partial charge is 0.543 e. The van der Waals surface area contributed by atoms with Crippen LogP contribution < -0.4 is 5.11 Å². The van der Waals surface area contributed by atoms with Gasteiger partial charge in [0.15, 0.2) is 0 Å². The Balaban J connectivity index is 2.38. The minimum Gasteiger partial charge on any atom is -0.543 e. The first-order chi connectivity index (χ1) is 8.77. The summed E-state index contributed by atoms with van der Waals surface area (Å²) >= 11 is 0. The van der Waals surface area contributed by atoms with Gasteiger partial charge in [-0.25, -0.2) is 0 Å². The molecule has 0 aliphatic heterocycles. The number of carbonyl (C=O) groups is 1. The molecule has 1 heterocycles. The fourth-order valence-corrected chi connectivity index (χ4v) is 2.20. The van der Waals surface area contributed by atoms with Gasteiger partial charge >= 0.3 is 0 Å². The van der Waals surface area contributed by atoms with Crippen LogP contribution in [0.15, 0.2) is 54.6 Å². The molecule has 0 radical (unpaired) electrons. The highest BCUT2D eigenvalue weighted by Crippen LogP contribution is 2.31. The van der Waals surface area contributed by atoms with Crippen molar-refractivity contribution >= 4 is 16.9 Å². The highest BCUT2D eigenvalue weighted by molar-refractivity contribution is 6.06. The number of carbonyl (C=O) groups excluding carboxylic acids is 1. The van der Waals surface area contributed by atoms with E-state index in [2.05, 4.69) is 4.98 Å². The quantitative estimate of drug-likeness (QED) is 0.741. The first-order valence-corrected chi connectivity index (χ1v) is 5.65. The number of benzene rings is 2. The third-order valence-corrected chi connectivity index (χ3v) is 2.97. The second kappa shape index (κ2) is 4.04. The number of aromatic carboxylic acids is 1. The molecule has 0 saturated heterocycles. The summed E-state index contributed by atoms with van der Waals surface area (Å²) in [6.45, 7) is 0. The molecule has 88 valence electrons. The Morgan fingerprint density at radius 3 is 2.33 bits per heavy atom. The van der Waals surface area contributed by atoms with Crippen molar-refractivity contribution in [3.63, 3.8) is 0 Å². The number of carboxylic acids is 1. The van der Waals surface area contributed by atoms with E-state index in [1.165, 1.54) is 0 Å². The van der Waals surface area contributed by atoms with Crippen LogP contribution in [0.4, 0.5) is 0 Å². The normalized spacial score (nSPS) is 10.7. The van der Waals surface area contributed by atoms with Gasteiger partial charge in [-0.05, 0) is 11.6 Å². The number of hydrogen-bond donors (Lipinski definition) is 1. The van der Waals surface area contributed by atoms with Crippen molar-refractivity contribution in [1.29, 1.82) is 0 Å². The van der Waals surface area contributed by atoms with E-state index in [0.29, 0.717) is 5.56 Å². The van der Waals surface area contributed by atoms with Crippen LogP contribution >= 0.6 is 0 Å². The van der Waals surface area contributed by atoms with Gasteiger partial charge in [0.1, 0.15) is 0 Å². The lowest BCUT2D eigenvalue weighted by molar-refractivity contribution is -0.255. The predicted octanol–water partition coefficient (Wildman–Crippen LogP) is 2.20. The molecule has 2 aromatic carbocycles. The van der Waals surface area contributed by atoms with E-state index in [9.17, 15) is 9.90 Å². The standard InChI is InChI=1S/C15H11NO2/c17-15(18)14-13(10-6-2-1-3-7-10)11-8-4-5-9-12(11)16-14/h1-9,16H,(H,17,18)/p-1. The van der Waals surface area contributed by atoms with Gasteiger partial charge in [-0.1, -0.05) is 48.5 Å². The van der Waals surface area contributed by atoms with Crippen LogP contribution in [-0.4, -0.2) is 11.0 Å². The van der Waals surface area contributed by atoms with Gasteiger partial charge in [-0.2, -0.15) is 0 Å². The van der Waals surface area contributed by atoms with Crippen molar-refractivity contribution in [2.24, 2.45) is 0 Å². The van der Waals surface area contributed by atoms with E-state index in [-0.39, 0.29) is 5.69 Å².